The van der Waals surface area contributed by atoms with Crippen molar-refractivity contribution >= 4 is 5.97 Å². The zero-order chi connectivity index (χ0) is 15.3. The summed E-state index contributed by atoms with van der Waals surface area (Å²) in [6, 6.07) is 0. The third-order valence-corrected chi connectivity index (χ3v) is 4.35. The number of nitrogens with zero attached hydrogens (tertiary/aromatic N) is 1. The largest absolute Gasteiger partial charge is 0.481 e. The molecule has 0 aromatic heterocycles. The van der Waals surface area contributed by atoms with Gasteiger partial charge < -0.3 is 9.59 Å². The minimum atomic E-state index is -0.670. The number of quaternary nitrogens is 1. The first-order valence-corrected chi connectivity index (χ1v) is 8.00. The van der Waals surface area contributed by atoms with Crippen molar-refractivity contribution in [1.82, 2.24) is 0 Å². The van der Waals surface area contributed by atoms with Crippen LogP contribution in [0.25, 0.3) is 0 Å². The lowest BCUT2D eigenvalue weighted by atomic mass is 10.0. The predicted molar refractivity (Wildman–Crippen MR) is 83.4 cm³/mol. The van der Waals surface area contributed by atoms with E-state index in [-0.39, 0.29) is 5.92 Å². The maximum absolute atomic E-state index is 10.3. The minimum Gasteiger partial charge on any atom is -0.481 e. The van der Waals surface area contributed by atoms with Gasteiger partial charge in [0, 0.05) is 0 Å². The number of carboxylic acid groups (broad SMARTS) is 1. The zero-order valence-corrected chi connectivity index (χ0v) is 14.0. The standard InChI is InChI=1S/C8H20N.C8H16O2/c1-5-9(6-2,7-3)8-4;1-3-4-5-6-7(2)8(9)10/h5-8H2,1-4H3;7H,3-6H2,1-2H3,(H,9,10)/q+1;. The topological polar surface area (TPSA) is 37.3 Å². The van der Waals surface area contributed by atoms with E-state index in [0.29, 0.717) is 0 Å². The van der Waals surface area contributed by atoms with Gasteiger partial charge in [-0.05, 0) is 34.1 Å². The lowest BCUT2D eigenvalue weighted by Gasteiger charge is -2.34. The molecule has 0 radical (unpaired) electrons. The summed E-state index contributed by atoms with van der Waals surface area (Å²) in [6.45, 7) is 18.1. The molecule has 19 heavy (non-hydrogen) atoms. The van der Waals surface area contributed by atoms with E-state index in [9.17, 15) is 4.79 Å². The zero-order valence-electron chi connectivity index (χ0n) is 14.0. The Morgan fingerprint density at radius 2 is 1.37 bits per heavy atom. The van der Waals surface area contributed by atoms with Crippen molar-refractivity contribution in [3.63, 3.8) is 0 Å². The molecule has 3 heteroatoms. The maximum Gasteiger partial charge on any atom is 0.306 e. The van der Waals surface area contributed by atoms with Gasteiger partial charge in [-0.25, -0.2) is 0 Å². The third-order valence-electron chi connectivity index (χ3n) is 4.35. The SMILES string of the molecule is CCCCCC(C)C(=O)O.CC[N+](CC)(CC)CC. The van der Waals surface area contributed by atoms with Crippen molar-refractivity contribution in [1.29, 1.82) is 0 Å². The molecule has 0 bridgehead atoms. The number of carboxylic acids is 1. The maximum atomic E-state index is 10.3. The summed E-state index contributed by atoms with van der Waals surface area (Å²) in [5.41, 5.74) is 0. The quantitative estimate of drug-likeness (QED) is 0.506. The highest BCUT2D eigenvalue weighted by Gasteiger charge is 2.16. The van der Waals surface area contributed by atoms with Crippen LogP contribution in [-0.2, 0) is 4.79 Å². The number of carbonyl (C=O) groups is 1. The second-order valence-corrected chi connectivity index (χ2v) is 5.34. The number of hydrogen-bond acceptors (Lipinski definition) is 1. The van der Waals surface area contributed by atoms with Gasteiger partial charge in [0.15, 0.2) is 0 Å². The van der Waals surface area contributed by atoms with Crippen molar-refractivity contribution in [2.45, 2.75) is 67.2 Å². The van der Waals surface area contributed by atoms with Crippen LogP contribution in [0.2, 0.25) is 0 Å². The predicted octanol–water partition coefficient (Wildman–Crippen LogP) is 4.17. The minimum absolute atomic E-state index is 0.161. The monoisotopic (exact) mass is 274 g/mol. The van der Waals surface area contributed by atoms with E-state index in [1.807, 2.05) is 0 Å². The molecule has 0 aliphatic rings. The third kappa shape index (κ3) is 9.94. The molecule has 116 valence electrons. The van der Waals surface area contributed by atoms with Gasteiger partial charge in [-0.15, -0.1) is 0 Å². The van der Waals surface area contributed by atoms with Crippen molar-refractivity contribution in [2.24, 2.45) is 5.92 Å². The van der Waals surface area contributed by atoms with Gasteiger partial charge >= 0.3 is 5.97 Å². The van der Waals surface area contributed by atoms with Crippen LogP contribution < -0.4 is 0 Å². The lowest BCUT2D eigenvalue weighted by molar-refractivity contribution is -0.921. The molecule has 0 saturated heterocycles. The van der Waals surface area contributed by atoms with Crippen molar-refractivity contribution in [3.8, 4) is 0 Å². The molecule has 1 unspecified atom stereocenters. The van der Waals surface area contributed by atoms with Gasteiger partial charge in [0.05, 0.1) is 32.1 Å². The fourth-order valence-electron chi connectivity index (χ4n) is 2.17. The van der Waals surface area contributed by atoms with Crippen LogP contribution in [0.15, 0.2) is 0 Å². The highest BCUT2D eigenvalue weighted by atomic mass is 16.4. The summed E-state index contributed by atoms with van der Waals surface area (Å²) in [7, 11) is 0. The summed E-state index contributed by atoms with van der Waals surface area (Å²) >= 11 is 0. The smallest absolute Gasteiger partial charge is 0.306 e. The second kappa shape index (κ2) is 12.5. The Labute approximate surface area is 120 Å². The lowest BCUT2D eigenvalue weighted by Crippen LogP contribution is -2.47. The highest BCUT2D eigenvalue weighted by molar-refractivity contribution is 5.69. The van der Waals surface area contributed by atoms with E-state index in [1.165, 1.54) is 30.7 Å². The van der Waals surface area contributed by atoms with Crippen LogP contribution in [0.5, 0.6) is 0 Å². The molecule has 0 rings (SSSR count). The molecule has 0 aromatic rings. The van der Waals surface area contributed by atoms with Crippen LogP contribution in [0.1, 0.15) is 67.2 Å². The molecule has 0 amide bonds. The number of aliphatic carboxylic acids is 1. The molecule has 1 N–H and O–H groups in total. The average Bonchev–Trinajstić information content (AvgIpc) is 2.43. The average molecular weight is 274 g/mol. The van der Waals surface area contributed by atoms with Crippen LogP contribution in [0.4, 0.5) is 0 Å². The van der Waals surface area contributed by atoms with E-state index >= 15 is 0 Å². The van der Waals surface area contributed by atoms with Crippen molar-refractivity contribution in [2.75, 3.05) is 26.2 Å². The van der Waals surface area contributed by atoms with Crippen molar-refractivity contribution < 1.29 is 14.4 Å². The number of rotatable bonds is 9. The Morgan fingerprint density at radius 3 is 1.58 bits per heavy atom. The number of hydrogen-bond donors (Lipinski definition) is 1. The normalized spacial score (nSPS) is 12.5. The fraction of sp³-hybridized carbons (Fsp3) is 0.938. The second-order valence-electron chi connectivity index (χ2n) is 5.34. The van der Waals surface area contributed by atoms with Crippen molar-refractivity contribution in [3.05, 3.63) is 0 Å². The molecule has 0 spiro atoms. The Bertz CT molecular complexity index is 195. The summed E-state index contributed by atoms with van der Waals surface area (Å²) in [4.78, 5) is 10.3. The Balaban J connectivity index is 0. The number of unbranched alkanes of at least 4 members (excludes halogenated alkanes) is 2. The summed E-state index contributed by atoms with van der Waals surface area (Å²) in [6.07, 6.45) is 4.18. The molecule has 0 aliphatic carbocycles. The van der Waals surface area contributed by atoms with Gasteiger partial charge in [0.25, 0.3) is 0 Å². The molecule has 0 saturated carbocycles. The fourth-order valence-corrected chi connectivity index (χ4v) is 2.17. The molecule has 0 heterocycles. The van der Waals surface area contributed by atoms with Crippen LogP contribution in [0, 0.1) is 5.92 Å². The van der Waals surface area contributed by atoms with E-state index in [4.69, 9.17) is 5.11 Å². The molecule has 3 nitrogen and oxygen atoms in total. The van der Waals surface area contributed by atoms with E-state index in [2.05, 4.69) is 34.6 Å². The molecular weight excluding hydrogens is 238 g/mol. The van der Waals surface area contributed by atoms with Gasteiger partial charge in [-0.1, -0.05) is 33.1 Å². The summed E-state index contributed by atoms with van der Waals surface area (Å²) in [5.74, 6) is -0.831. The van der Waals surface area contributed by atoms with Crippen LogP contribution in [-0.4, -0.2) is 41.7 Å². The first-order chi connectivity index (χ1) is 8.92. The van der Waals surface area contributed by atoms with Crippen LogP contribution in [0.3, 0.4) is 0 Å². The molecule has 0 fully saturated rings. The first-order valence-electron chi connectivity index (χ1n) is 8.00. The Kier molecular flexibility index (Phi) is 13.6. The summed E-state index contributed by atoms with van der Waals surface area (Å²) < 4.78 is 1.28. The Hall–Kier alpha value is -0.570. The molecule has 1 atom stereocenters. The van der Waals surface area contributed by atoms with Gasteiger partial charge in [0.1, 0.15) is 0 Å². The van der Waals surface area contributed by atoms with E-state index in [0.717, 1.165) is 25.7 Å². The van der Waals surface area contributed by atoms with Gasteiger partial charge in [-0.2, -0.15) is 0 Å². The van der Waals surface area contributed by atoms with Gasteiger partial charge in [0.2, 0.25) is 0 Å². The van der Waals surface area contributed by atoms with E-state index in [1.54, 1.807) is 6.92 Å². The highest BCUT2D eigenvalue weighted by Crippen LogP contribution is 2.08. The molecular formula is C16H36NO2+. The Morgan fingerprint density at radius 1 is 0.947 bits per heavy atom. The summed E-state index contributed by atoms with van der Waals surface area (Å²) in [5, 5.41) is 8.48. The molecule has 0 aromatic carbocycles. The van der Waals surface area contributed by atoms with Gasteiger partial charge in [-0.3, -0.25) is 4.79 Å². The van der Waals surface area contributed by atoms with E-state index < -0.39 is 5.97 Å². The first kappa shape index (κ1) is 20.7. The van der Waals surface area contributed by atoms with Crippen LogP contribution >= 0.6 is 0 Å². The molecule has 0 aliphatic heterocycles.